The van der Waals surface area contributed by atoms with Crippen LogP contribution in [0.3, 0.4) is 0 Å². The molecule has 26 heavy (non-hydrogen) atoms. The summed E-state index contributed by atoms with van der Waals surface area (Å²) in [7, 11) is 0. The third kappa shape index (κ3) is 2.42. The SMILES string of the molecule is CC1=CC2=C(c3ccc(C(C)(C)C)cc3)C3=C(CC2=C1)C1CCC3CC1. The monoisotopic (exact) mass is 342 g/mol. The van der Waals surface area contributed by atoms with Crippen molar-refractivity contribution in [2.75, 3.05) is 0 Å². The lowest BCUT2D eigenvalue weighted by atomic mass is 9.60. The Kier molecular flexibility index (Phi) is 3.52. The number of fused-ring (bicyclic) bond motifs is 3. The average molecular weight is 343 g/mol. The van der Waals surface area contributed by atoms with E-state index in [1.165, 1.54) is 54.4 Å². The molecule has 0 amide bonds. The van der Waals surface area contributed by atoms with Crippen molar-refractivity contribution in [3.8, 4) is 0 Å². The topological polar surface area (TPSA) is 0 Å². The molecule has 6 rings (SSSR count). The second-order valence-electron chi connectivity index (χ2n) is 9.84. The van der Waals surface area contributed by atoms with E-state index in [0.717, 1.165) is 11.8 Å². The van der Waals surface area contributed by atoms with Crippen LogP contribution in [-0.2, 0) is 5.41 Å². The van der Waals surface area contributed by atoms with E-state index in [9.17, 15) is 0 Å². The first-order valence-electron chi connectivity index (χ1n) is 10.4. The Balaban J connectivity index is 1.69. The molecule has 0 aliphatic heterocycles. The highest BCUT2D eigenvalue weighted by atomic mass is 14.4. The minimum absolute atomic E-state index is 0.214. The molecule has 0 heterocycles. The summed E-state index contributed by atoms with van der Waals surface area (Å²) >= 11 is 0. The Morgan fingerprint density at radius 3 is 2.15 bits per heavy atom. The smallest absolute Gasteiger partial charge is 0.00519 e. The first-order chi connectivity index (χ1) is 12.4. The Bertz CT molecular complexity index is 882. The molecule has 0 N–H and O–H groups in total. The predicted octanol–water partition coefficient (Wildman–Crippen LogP) is 7.14. The minimum atomic E-state index is 0.214. The molecule has 1 aromatic carbocycles. The van der Waals surface area contributed by atoms with Crippen molar-refractivity contribution in [3.05, 3.63) is 75.4 Å². The lowest BCUT2D eigenvalue weighted by Crippen LogP contribution is -2.29. The van der Waals surface area contributed by atoms with Gasteiger partial charge >= 0.3 is 0 Å². The van der Waals surface area contributed by atoms with Gasteiger partial charge in [-0.1, -0.05) is 68.3 Å². The van der Waals surface area contributed by atoms with Crippen molar-refractivity contribution in [1.82, 2.24) is 0 Å². The standard InChI is InChI=1S/C26H30/c1-16-13-20-15-23-17-5-7-18(8-6-17)25(23)24(22(20)14-16)19-9-11-21(12-10-19)26(2,3)4/h9-14,17-18H,5-8,15H2,1-4H3. The van der Waals surface area contributed by atoms with Crippen molar-refractivity contribution >= 4 is 5.57 Å². The van der Waals surface area contributed by atoms with E-state index in [1.54, 1.807) is 22.3 Å². The third-order valence-corrected chi connectivity index (χ3v) is 7.05. The minimum Gasteiger partial charge on any atom is -0.0586 e. The maximum absolute atomic E-state index is 2.44. The Labute approximate surface area is 158 Å². The fraction of sp³-hybridized carbons (Fsp3) is 0.462. The van der Waals surface area contributed by atoms with Gasteiger partial charge in [-0.05, 0) is 89.7 Å². The number of hydrogen-bond acceptors (Lipinski definition) is 0. The molecule has 5 aliphatic carbocycles. The van der Waals surface area contributed by atoms with Gasteiger partial charge in [0.2, 0.25) is 0 Å². The molecule has 2 bridgehead atoms. The van der Waals surface area contributed by atoms with Crippen LogP contribution in [0.15, 0.2) is 64.3 Å². The molecule has 0 atom stereocenters. The number of allylic oxidation sites excluding steroid dienone is 8. The molecule has 1 saturated carbocycles. The summed E-state index contributed by atoms with van der Waals surface area (Å²) in [6, 6.07) is 9.49. The molecule has 0 unspecified atom stereocenters. The van der Waals surface area contributed by atoms with Crippen LogP contribution < -0.4 is 0 Å². The van der Waals surface area contributed by atoms with E-state index >= 15 is 0 Å². The van der Waals surface area contributed by atoms with E-state index in [4.69, 9.17) is 0 Å². The van der Waals surface area contributed by atoms with Gasteiger partial charge in [-0.2, -0.15) is 0 Å². The van der Waals surface area contributed by atoms with Gasteiger partial charge < -0.3 is 0 Å². The van der Waals surface area contributed by atoms with Gasteiger partial charge in [-0.15, -0.1) is 0 Å². The van der Waals surface area contributed by atoms with Crippen molar-refractivity contribution in [2.45, 2.75) is 65.2 Å². The molecular formula is C26H30. The summed E-state index contributed by atoms with van der Waals surface area (Å²) in [5.41, 5.74) is 12.7. The normalized spacial score (nSPS) is 27.4. The molecule has 5 aliphatic rings. The summed E-state index contributed by atoms with van der Waals surface area (Å²) in [6.07, 6.45) is 11.7. The first-order valence-corrected chi connectivity index (χ1v) is 10.4. The number of hydrogen-bond donors (Lipinski definition) is 0. The number of rotatable bonds is 1. The van der Waals surface area contributed by atoms with Crippen LogP contribution >= 0.6 is 0 Å². The second kappa shape index (κ2) is 5.59. The summed E-state index contributed by atoms with van der Waals surface area (Å²) in [4.78, 5) is 0. The lowest BCUT2D eigenvalue weighted by Gasteiger charge is -2.44. The Morgan fingerprint density at radius 1 is 0.846 bits per heavy atom. The zero-order chi connectivity index (χ0) is 18.1. The number of benzene rings is 1. The van der Waals surface area contributed by atoms with Gasteiger partial charge in [-0.3, -0.25) is 0 Å². The van der Waals surface area contributed by atoms with E-state index in [2.05, 4.69) is 64.1 Å². The molecule has 0 nitrogen and oxygen atoms in total. The fourth-order valence-electron chi connectivity index (χ4n) is 5.71. The van der Waals surface area contributed by atoms with Gasteiger partial charge in [0.1, 0.15) is 0 Å². The molecule has 134 valence electrons. The van der Waals surface area contributed by atoms with Gasteiger partial charge in [0.05, 0.1) is 0 Å². The van der Waals surface area contributed by atoms with Gasteiger partial charge in [0.15, 0.2) is 0 Å². The molecule has 0 saturated heterocycles. The van der Waals surface area contributed by atoms with Crippen LogP contribution in [0.25, 0.3) is 5.57 Å². The molecule has 1 aromatic rings. The van der Waals surface area contributed by atoms with Crippen LogP contribution in [0.1, 0.15) is 70.9 Å². The molecule has 0 aromatic heterocycles. The van der Waals surface area contributed by atoms with E-state index in [1.807, 2.05) is 0 Å². The summed E-state index contributed by atoms with van der Waals surface area (Å²) in [6.45, 7) is 9.16. The highest BCUT2D eigenvalue weighted by molar-refractivity contribution is 5.91. The Hall–Kier alpha value is -1.82. The van der Waals surface area contributed by atoms with E-state index in [0.29, 0.717) is 0 Å². The van der Waals surface area contributed by atoms with Crippen LogP contribution in [0.4, 0.5) is 0 Å². The van der Waals surface area contributed by atoms with Crippen LogP contribution in [0.5, 0.6) is 0 Å². The summed E-state index contributed by atoms with van der Waals surface area (Å²) in [5.74, 6) is 1.65. The second-order valence-corrected chi connectivity index (χ2v) is 9.84. The van der Waals surface area contributed by atoms with Crippen LogP contribution in [0, 0.1) is 11.8 Å². The van der Waals surface area contributed by atoms with Gasteiger partial charge in [0, 0.05) is 0 Å². The average Bonchev–Trinajstić information content (AvgIpc) is 3.00. The molecule has 1 fully saturated rings. The molecule has 0 heteroatoms. The van der Waals surface area contributed by atoms with Crippen molar-refractivity contribution in [2.24, 2.45) is 11.8 Å². The van der Waals surface area contributed by atoms with Crippen LogP contribution in [0.2, 0.25) is 0 Å². The summed E-state index contributed by atoms with van der Waals surface area (Å²) < 4.78 is 0. The van der Waals surface area contributed by atoms with Crippen molar-refractivity contribution < 1.29 is 0 Å². The fourth-order valence-corrected chi connectivity index (χ4v) is 5.71. The highest BCUT2D eigenvalue weighted by Gasteiger charge is 2.40. The van der Waals surface area contributed by atoms with Gasteiger partial charge in [0.25, 0.3) is 0 Å². The third-order valence-electron chi connectivity index (χ3n) is 7.05. The van der Waals surface area contributed by atoms with E-state index in [-0.39, 0.29) is 5.41 Å². The van der Waals surface area contributed by atoms with Crippen LogP contribution in [-0.4, -0.2) is 0 Å². The van der Waals surface area contributed by atoms with E-state index < -0.39 is 0 Å². The van der Waals surface area contributed by atoms with Gasteiger partial charge in [-0.25, -0.2) is 0 Å². The lowest BCUT2D eigenvalue weighted by molar-refractivity contribution is 0.296. The molecule has 0 radical (unpaired) electrons. The zero-order valence-corrected chi connectivity index (χ0v) is 16.7. The van der Waals surface area contributed by atoms with Crippen molar-refractivity contribution in [1.29, 1.82) is 0 Å². The highest BCUT2D eigenvalue weighted by Crippen LogP contribution is 2.56. The first kappa shape index (κ1) is 16.4. The Morgan fingerprint density at radius 2 is 1.50 bits per heavy atom. The zero-order valence-electron chi connectivity index (χ0n) is 16.7. The van der Waals surface area contributed by atoms with Crippen molar-refractivity contribution in [3.63, 3.8) is 0 Å². The predicted molar refractivity (Wildman–Crippen MR) is 111 cm³/mol. The summed E-state index contributed by atoms with van der Waals surface area (Å²) in [5, 5.41) is 0. The maximum Gasteiger partial charge on any atom is -0.00519 e. The largest absolute Gasteiger partial charge is 0.0586 e. The quantitative estimate of drug-likeness (QED) is 0.508. The molecule has 0 spiro atoms. The maximum atomic E-state index is 2.44. The molecular weight excluding hydrogens is 312 g/mol.